The van der Waals surface area contributed by atoms with Crippen LogP contribution in [0, 0.1) is 0 Å². The number of rotatable bonds is 2. The molecule has 112 valence electrons. The van der Waals surface area contributed by atoms with Crippen LogP contribution in [0.4, 0.5) is 0 Å². The first-order valence-electron chi connectivity index (χ1n) is 5.95. The van der Waals surface area contributed by atoms with E-state index in [1.54, 1.807) is 0 Å². The molecular weight excluding hydrogens is 358 g/mol. The molecule has 7 nitrogen and oxygen atoms in total. The molecule has 0 saturated heterocycles. The maximum atomic E-state index is 12.3. The second-order valence-corrected chi connectivity index (χ2v) is 5.92. The standard InChI is InChI=1S/C14H8O7S.2Na/c15-13-9-3-2-8(22(18,19)20)6-12(9)21-11-4-1-7(14(16)17)5-10(11)13;;/h1-6H,(H,16,17)(H,18,19,20);;/q;2*+1/p-2. The van der Waals surface area contributed by atoms with Gasteiger partial charge in [0, 0.05) is 0 Å². The summed E-state index contributed by atoms with van der Waals surface area (Å²) in [6.07, 6.45) is 0. The molecular formula is C14H6Na2O7S. The molecule has 0 N–H and O–H groups in total. The van der Waals surface area contributed by atoms with Crippen LogP contribution in [-0.2, 0) is 10.1 Å². The fourth-order valence-corrected chi connectivity index (χ4v) is 2.60. The van der Waals surface area contributed by atoms with Crippen LogP contribution in [0.2, 0.25) is 0 Å². The van der Waals surface area contributed by atoms with Crippen LogP contribution >= 0.6 is 0 Å². The summed E-state index contributed by atoms with van der Waals surface area (Å²) in [5, 5.41) is 10.9. The third-order valence-corrected chi connectivity index (χ3v) is 4.00. The first kappa shape index (κ1) is 21.3. The summed E-state index contributed by atoms with van der Waals surface area (Å²) in [5.41, 5.74) is -0.717. The maximum absolute atomic E-state index is 12.3. The molecule has 1 heterocycles. The summed E-state index contributed by atoms with van der Waals surface area (Å²) >= 11 is 0. The average Bonchev–Trinajstić information content (AvgIpc) is 2.45. The molecule has 0 aliphatic heterocycles. The number of fused-ring (bicyclic) bond motifs is 2. The van der Waals surface area contributed by atoms with Gasteiger partial charge in [-0.1, -0.05) is 0 Å². The molecule has 0 bridgehead atoms. The predicted octanol–water partition coefficient (Wildman–Crippen LogP) is -5.78. The van der Waals surface area contributed by atoms with Crippen molar-refractivity contribution >= 4 is 38.0 Å². The Morgan fingerprint density at radius 3 is 2.21 bits per heavy atom. The Morgan fingerprint density at radius 1 is 0.958 bits per heavy atom. The molecule has 0 unspecified atom stereocenters. The Kier molecular flexibility index (Phi) is 6.82. The van der Waals surface area contributed by atoms with E-state index in [-0.39, 0.29) is 86.6 Å². The van der Waals surface area contributed by atoms with E-state index in [1.807, 2.05) is 0 Å². The SMILES string of the molecule is O=C([O-])c1ccc2oc3cc(S(=O)(=O)[O-])ccc3c(=O)c2c1.[Na+].[Na+]. The zero-order valence-corrected chi connectivity index (χ0v) is 17.5. The topological polar surface area (TPSA) is 128 Å². The van der Waals surface area contributed by atoms with E-state index in [2.05, 4.69) is 0 Å². The molecule has 3 rings (SSSR count). The molecule has 10 heteroatoms. The number of carbonyl (C=O) groups excluding carboxylic acids is 1. The van der Waals surface area contributed by atoms with Crippen LogP contribution in [0.1, 0.15) is 10.4 Å². The van der Waals surface area contributed by atoms with Gasteiger partial charge >= 0.3 is 59.1 Å². The summed E-state index contributed by atoms with van der Waals surface area (Å²) in [4.78, 5) is 22.6. The van der Waals surface area contributed by atoms with Gasteiger partial charge in [-0.15, -0.1) is 0 Å². The fraction of sp³-hybridized carbons (Fsp3) is 0. The molecule has 0 aliphatic rings. The summed E-state index contributed by atoms with van der Waals surface area (Å²) in [6, 6.07) is 6.69. The van der Waals surface area contributed by atoms with Crippen molar-refractivity contribution in [2.45, 2.75) is 4.90 Å². The zero-order valence-electron chi connectivity index (χ0n) is 12.7. The summed E-state index contributed by atoms with van der Waals surface area (Å²) in [5.74, 6) is -1.44. The molecule has 0 amide bonds. The summed E-state index contributed by atoms with van der Waals surface area (Å²) in [7, 11) is -4.68. The number of carboxylic acid groups (broad SMARTS) is 1. The van der Waals surface area contributed by atoms with Crippen molar-refractivity contribution in [3.8, 4) is 0 Å². The number of benzene rings is 2. The van der Waals surface area contributed by atoms with Gasteiger partial charge in [0.1, 0.15) is 21.3 Å². The van der Waals surface area contributed by atoms with Gasteiger partial charge in [-0.2, -0.15) is 0 Å². The van der Waals surface area contributed by atoms with Gasteiger partial charge in [0.2, 0.25) is 5.43 Å². The minimum Gasteiger partial charge on any atom is -0.744 e. The van der Waals surface area contributed by atoms with E-state index in [0.717, 1.165) is 24.3 Å². The average molecular weight is 364 g/mol. The van der Waals surface area contributed by atoms with Crippen molar-refractivity contribution in [3.05, 3.63) is 52.2 Å². The first-order valence-corrected chi connectivity index (χ1v) is 7.36. The van der Waals surface area contributed by atoms with Crippen molar-refractivity contribution in [1.29, 1.82) is 0 Å². The molecule has 0 fully saturated rings. The molecule has 0 spiro atoms. The number of aromatic carboxylic acids is 1. The van der Waals surface area contributed by atoms with Crippen LogP contribution in [-0.4, -0.2) is 18.9 Å². The minimum atomic E-state index is -4.68. The van der Waals surface area contributed by atoms with Gasteiger partial charge in [-0.05, 0) is 42.0 Å². The van der Waals surface area contributed by atoms with E-state index in [9.17, 15) is 27.7 Å². The van der Waals surface area contributed by atoms with Crippen LogP contribution in [0.3, 0.4) is 0 Å². The van der Waals surface area contributed by atoms with Gasteiger partial charge < -0.3 is 18.9 Å². The normalized spacial score (nSPS) is 10.9. The van der Waals surface area contributed by atoms with Crippen LogP contribution < -0.4 is 69.6 Å². The van der Waals surface area contributed by atoms with Gasteiger partial charge in [0.25, 0.3) is 0 Å². The van der Waals surface area contributed by atoms with E-state index in [4.69, 9.17) is 4.42 Å². The van der Waals surface area contributed by atoms with Crippen LogP contribution in [0.5, 0.6) is 0 Å². The van der Waals surface area contributed by atoms with Gasteiger partial charge in [0.15, 0.2) is 0 Å². The smallest absolute Gasteiger partial charge is 0.744 e. The largest absolute Gasteiger partial charge is 1.00 e. The van der Waals surface area contributed by atoms with Gasteiger partial charge in [-0.25, -0.2) is 8.42 Å². The molecule has 2 aromatic carbocycles. The molecule has 0 radical (unpaired) electrons. The quantitative estimate of drug-likeness (QED) is 0.252. The third kappa shape index (κ3) is 3.92. The number of carboxylic acids is 1. The minimum absolute atomic E-state index is 0. The number of hydrogen-bond acceptors (Lipinski definition) is 7. The summed E-state index contributed by atoms with van der Waals surface area (Å²) in [6.45, 7) is 0. The predicted molar refractivity (Wildman–Crippen MR) is 72.3 cm³/mol. The monoisotopic (exact) mass is 364 g/mol. The van der Waals surface area contributed by atoms with E-state index >= 15 is 0 Å². The molecule has 3 aromatic rings. The number of carbonyl (C=O) groups is 1. The first-order chi connectivity index (χ1) is 10.3. The Morgan fingerprint density at radius 2 is 1.62 bits per heavy atom. The molecule has 0 aliphatic carbocycles. The zero-order chi connectivity index (χ0) is 16.1. The van der Waals surface area contributed by atoms with Crippen molar-refractivity contribution < 1.29 is 86.4 Å². The maximum Gasteiger partial charge on any atom is 1.00 e. The number of hydrogen-bond donors (Lipinski definition) is 0. The molecule has 0 atom stereocenters. The van der Waals surface area contributed by atoms with E-state index in [1.165, 1.54) is 12.1 Å². The molecule has 1 aromatic heterocycles. The van der Waals surface area contributed by atoms with Gasteiger partial charge in [-0.3, -0.25) is 4.79 Å². The second kappa shape index (κ2) is 7.67. The molecule has 24 heavy (non-hydrogen) atoms. The Labute approximate surface area is 180 Å². The van der Waals surface area contributed by atoms with Crippen molar-refractivity contribution in [3.63, 3.8) is 0 Å². The van der Waals surface area contributed by atoms with Crippen LogP contribution in [0.15, 0.2) is 50.5 Å². The van der Waals surface area contributed by atoms with Gasteiger partial charge in [0.05, 0.1) is 21.6 Å². The fourth-order valence-electron chi connectivity index (χ4n) is 2.12. The third-order valence-electron chi connectivity index (χ3n) is 3.17. The van der Waals surface area contributed by atoms with E-state index in [0.29, 0.717) is 0 Å². The molecule has 0 saturated carbocycles. The Bertz CT molecular complexity index is 1100. The second-order valence-electron chi connectivity index (χ2n) is 4.54. The van der Waals surface area contributed by atoms with Crippen molar-refractivity contribution in [1.82, 2.24) is 0 Å². The van der Waals surface area contributed by atoms with Crippen molar-refractivity contribution in [2.24, 2.45) is 0 Å². The van der Waals surface area contributed by atoms with Crippen LogP contribution in [0.25, 0.3) is 21.9 Å². The Balaban J connectivity index is 0.00000144. The summed E-state index contributed by atoms with van der Waals surface area (Å²) < 4.78 is 38.4. The van der Waals surface area contributed by atoms with Crippen molar-refractivity contribution in [2.75, 3.05) is 0 Å². The Hall–Kier alpha value is -0.710. The van der Waals surface area contributed by atoms with E-state index < -0.39 is 26.4 Å².